The minimum atomic E-state index is -0.0789. The summed E-state index contributed by atoms with van der Waals surface area (Å²) in [4.78, 5) is 14.7. The van der Waals surface area contributed by atoms with Crippen molar-refractivity contribution in [1.29, 1.82) is 0 Å². The number of carbonyl (C=O) groups is 1. The van der Waals surface area contributed by atoms with Crippen molar-refractivity contribution in [2.75, 3.05) is 23.3 Å². The van der Waals surface area contributed by atoms with Gasteiger partial charge in [0, 0.05) is 19.0 Å². The highest BCUT2D eigenvalue weighted by Gasteiger charge is 2.26. The van der Waals surface area contributed by atoms with Gasteiger partial charge in [0.05, 0.1) is 5.69 Å². The third-order valence-electron chi connectivity index (χ3n) is 4.75. The second kappa shape index (κ2) is 6.62. The maximum atomic E-state index is 12.5. The normalized spacial score (nSPS) is 15.3. The van der Waals surface area contributed by atoms with Gasteiger partial charge in [0.25, 0.3) is 0 Å². The highest BCUT2D eigenvalue weighted by atomic mass is 16.3. The molecule has 26 heavy (non-hydrogen) atoms. The van der Waals surface area contributed by atoms with Crippen molar-refractivity contribution in [2.45, 2.75) is 19.8 Å². The molecule has 1 aliphatic rings. The number of aromatic hydroxyl groups is 1. The number of carbonyl (C=O) groups excluding carboxylic acids is 1. The topological polar surface area (TPSA) is 95.7 Å². The second-order valence-corrected chi connectivity index (χ2v) is 6.60. The molecule has 2 aromatic heterocycles. The number of fused-ring (bicyclic) bond motifs is 1. The predicted molar refractivity (Wildman–Crippen MR) is 97.2 cm³/mol. The molecule has 2 N–H and O–H groups in total. The Balaban J connectivity index is 1.39. The molecular weight excluding hydrogens is 332 g/mol. The summed E-state index contributed by atoms with van der Waals surface area (Å²) in [5.74, 6) is 0.817. The van der Waals surface area contributed by atoms with Gasteiger partial charge in [0.15, 0.2) is 5.65 Å². The van der Waals surface area contributed by atoms with E-state index >= 15 is 0 Å². The summed E-state index contributed by atoms with van der Waals surface area (Å²) in [6.07, 6.45) is 3.05. The molecule has 0 spiro atoms. The fourth-order valence-electron chi connectivity index (χ4n) is 3.24. The Morgan fingerprint density at radius 3 is 2.85 bits per heavy atom. The molecule has 8 nitrogen and oxygen atoms in total. The largest absolute Gasteiger partial charge is 0.506 e. The zero-order valence-corrected chi connectivity index (χ0v) is 14.5. The van der Waals surface area contributed by atoms with Crippen molar-refractivity contribution in [3.8, 4) is 5.75 Å². The molecule has 3 heterocycles. The van der Waals surface area contributed by atoms with Gasteiger partial charge >= 0.3 is 0 Å². The number of nitrogens with zero attached hydrogens (tertiary/aromatic N) is 5. The summed E-state index contributed by atoms with van der Waals surface area (Å²) in [5.41, 5.74) is 2.17. The van der Waals surface area contributed by atoms with E-state index in [9.17, 15) is 9.90 Å². The van der Waals surface area contributed by atoms with Crippen molar-refractivity contribution < 1.29 is 9.90 Å². The van der Waals surface area contributed by atoms with Crippen LogP contribution in [-0.2, 0) is 4.79 Å². The van der Waals surface area contributed by atoms with Gasteiger partial charge in [0.2, 0.25) is 5.91 Å². The van der Waals surface area contributed by atoms with Crippen LogP contribution in [0.5, 0.6) is 5.75 Å². The summed E-state index contributed by atoms with van der Waals surface area (Å²) < 4.78 is 1.65. The number of nitrogens with one attached hydrogen (secondary N) is 1. The Bertz CT molecular complexity index is 946. The zero-order valence-electron chi connectivity index (χ0n) is 14.5. The molecule has 0 aliphatic carbocycles. The first kappa shape index (κ1) is 16.3. The summed E-state index contributed by atoms with van der Waals surface area (Å²) in [6, 6.07) is 8.99. The number of phenols is 1. The lowest BCUT2D eigenvalue weighted by Gasteiger charge is -2.32. The standard InChI is InChI=1S/C18H20N6O2/c1-12-2-3-15(25)14(10-12)20-18(26)13-6-8-23(9-7-13)17-5-4-16-21-19-11-24(16)22-17/h2-5,10-11,13,25H,6-9H2,1H3,(H,20,26). The van der Waals surface area contributed by atoms with Crippen LogP contribution in [-0.4, -0.2) is 43.9 Å². The molecule has 0 unspecified atom stereocenters. The third-order valence-corrected chi connectivity index (χ3v) is 4.75. The highest BCUT2D eigenvalue weighted by molar-refractivity contribution is 5.94. The Kier molecular flexibility index (Phi) is 4.16. The first-order chi connectivity index (χ1) is 12.6. The van der Waals surface area contributed by atoms with Gasteiger partial charge in [0.1, 0.15) is 17.9 Å². The fraction of sp³-hybridized carbons (Fsp3) is 0.333. The second-order valence-electron chi connectivity index (χ2n) is 6.60. The summed E-state index contributed by atoms with van der Waals surface area (Å²) in [6.45, 7) is 3.42. The van der Waals surface area contributed by atoms with Gasteiger partial charge in [-0.05, 0) is 49.6 Å². The number of aromatic nitrogens is 4. The van der Waals surface area contributed by atoms with E-state index in [4.69, 9.17) is 0 Å². The lowest BCUT2D eigenvalue weighted by molar-refractivity contribution is -0.120. The Morgan fingerprint density at radius 2 is 2.04 bits per heavy atom. The molecule has 1 amide bonds. The first-order valence-corrected chi connectivity index (χ1v) is 8.62. The maximum Gasteiger partial charge on any atom is 0.227 e. The Hall–Kier alpha value is -3.16. The zero-order chi connectivity index (χ0) is 18.1. The monoisotopic (exact) mass is 352 g/mol. The third kappa shape index (κ3) is 3.17. The fourth-order valence-corrected chi connectivity index (χ4v) is 3.24. The SMILES string of the molecule is Cc1ccc(O)c(NC(=O)C2CCN(c3ccc4nncn4n3)CC2)c1. The van der Waals surface area contributed by atoms with Crippen molar-refractivity contribution >= 4 is 23.1 Å². The lowest BCUT2D eigenvalue weighted by Crippen LogP contribution is -2.38. The van der Waals surface area contributed by atoms with Crippen LogP contribution in [0.15, 0.2) is 36.7 Å². The number of anilines is 2. The van der Waals surface area contributed by atoms with Crippen molar-refractivity contribution in [3.63, 3.8) is 0 Å². The molecule has 1 aliphatic heterocycles. The van der Waals surface area contributed by atoms with Crippen molar-refractivity contribution in [1.82, 2.24) is 19.8 Å². The number of benzene rings is 1. The molecule has 8 heteroatoms. The Labute approximate surface area is 150 Å². The van der Waals surface area contributed by atoms with Crippen LogP contribution in [0.25, 0.3) is 5.65 Å². The number of rotatable bonds is 3. The van der Waals surface area contributed by atoms with E-state index < -0.39 is 0 Å². The average molecular weight is 352 g/mol. The van der Waals surface area contributed by atoms with Crippen LogP contribution in [0, 0.1) is 12.8 Å². The van der Waals surface area contributed by atoms with E-state index in [1.807, 2.05) is 25.1 Å². The molecule has 0 atom stereocenters. The summed E-state index contributed by atoms with van der Waals surface area (Å²) in [5, 5.41) is 25.0. The van der Waals surface area contributed by atoms with Crippen LogP contribution >= 0.6 is 0 Å². The van der Waals surface area contributed by atoms with Gasteiger partial charge < -0.3 is 15.3 Å². The molecule has 134 valence electrons. The summed E-state index contributed by atoms with van der Waals surface area (Å²) >= 11 is 0. The molecule has 0 radical (unpaired) electrons. The maximum absolute atomic E-state index is 12.5. The average Bonchev–Trinajstić information content (AvgIpc) is 3.12. The van der Waals surface area contributed by atoms with Crippen LogP contribution in [0.4, 0.5) is 11.5 Å². The smallest absolute Gasteiger partial charge is 0.227 e. The minimum absolute atomic E-state index is 0.0484. The number of phenolic OH excluding ortho intramolecular Hbond substituents is 1. The number of piperidine rings is 1. The molecule has 1 fully saturated rings. The molecule has 0 bridgehead atoms. The van der Waals surface area contributed by atoms with Crippen molar-refractivity contribution in [3.05, 3.63) is 42.2 Å². The van der Waals surface area contributed by atoms with E-state index in [0.29, 0.717) is 11.3 Å². The number of amides is 1. The van der Waals surface area contributed by atoms with Crippen LogP contribution in [0.3, 0.4) is 0 Å². The summed E-state index contributed by atoms with van der Waals surface area (Å²) in [7, 11) is 0. The van der Waals surface area contributed by atoms with E-state index in [-0.39, 0.29) is 17.6 Å². The molecule has 4 rings (SSSR count). The van der Waals surface area contributed by atoms with Gasteiger partial charge in [-0.1, -0.05) is 6.07 Å². The predicted octanol–water partition coefficient (Wildman–Crippen LogP) is 1.99. The van der Waals surface area contributed by atoms with E-state index in [0.717, 1.165) is 37.3 Å². The van der Waals surface area contributed by atoms with Gasteiger partial charge in [-0.15, -0.1) is 15.3 Å². The molecule has 0 saturated carbocycles. The van der Waals surface area contributed by atoms with Crippen LogP contribution in [0.2, 0.25) is 0 Å². The minimum Gasteiger partial charge on any atom is -0.506 e. The van der Waals surface area contributed by atoms with Gasteiger partial charge in [-0.2, -0.15) is 4.52 Å². The van der Waals surface area contributed by atoms with E-state index in [2.05, 4.69) is 25.5 Å². The highest BCUT2D eigenvalue weighted by Crippen LogP contribution is 2.27. The van der Waals surface area contributed by atoms with Gasteiger partial charge in [-0.3, -0.25) is 4.79 Å². The Morgan fingerprint density at radius 1 is 1.23 bits per heavy atom. The van der Waals surface area contributed by atoms with Gasteiger partial charge in [-0.25, -0.2) is 0 Å². The van der Waals surface area contributed by atoms with Crippen molar-refractivity contribution in [2.24, 2.45) is 5.92 Å². The lowest BCUT2D eigenvalue weighted by atomic mass is 9.95. The van der Waals surface area contributed by atoms with E-state index in [1.165, 1.54) is 0 Å². The number of aryl methyl sites for hydroxylation is 1. The van der Waals surface area contributed by atoms with Crippen LogP contribution < -0.4 is 10.2 Å². The molecule has 3 aromatic rings. The number of hydrogen-bond acceptors (Lipinski definition) is 6. The quantitative estimate of drug-likeness (QED) is 0.700. The molecular formula is C18H20N6O2. The number of hydrogen-bond donors (Lipinski definition) is 2. The first-order valence-electron chi connectivity index (χ1n) is 8.62. The van der Waals surface area contributed by atoms with Crippen LogP contribution in [0.1, 0.15) is 18.4 Å². The molecule has 1 aromatic carbocycles. The molecule has 1 saturated heterocycles. The van der Waals surface area contributed by atoms with E-state index in [1.54, 1.807) is 23.0 Å².